The van der Waals surface area contributed by atoms with Gasteiger partial charge in [0.1, 0.15) is 11.9 Å². The summed E-state index contributed by atoms with van der Waals surface area (Å²) in [5.41, 5.74) is 8.76. The largest absolute Gasteiger partial charge is 0.573 e. The van der Waals surface area contributed by atoms with Crippen molar-refractivity contribution >= 4 is 11.3 Å². The van der Waals surface area contributed by atoms with Crippen molar-refractivity contribution in [3.63, 3.8) is 0 Å². The number of aromatic nitrogens is 1. The van der Waals surface area contributed by atoms with Gasteiger partial charge in [0.25, 0.3) is 0 Å². The van der Waals surface area contributed by atoms with E-state index in [1.54, 1.807) is 18.3 Å². The van der Waals surface area contributed by atoms with Crippen molar-refractivity contribution in [2.45, 2.75) is 18.9 Å². The highest BCUT2D eigenvalue weighted by atomic mass is 19.4. The predicted octanol–water partition coefficient (Wildman–Crippen LogP) is 4.00. The van der Waals surface area contributed by atoms with Gasteiger partial charge in [-0.15, -0.1) is 13.2 Å². The van der Waals surface area contributed by atoms with Crippen LogP contribution in [0.4, 0.5) is 18.9 Å². The van der Waals surface area contributed by atoms with Crippen LogP contribution >= 0.6 is 0 Å². The van der Waals surface area contributed by atoms with Crippen molar-refractivity contribution < 1.29 is 17.9 Å². The van der Waals surface area contributed by atoms with Crippen molar-refractivity contribution in [1.82, 2.24) is 9.88 Å². The second-order valence-electron chi connectivity index (χ2n) is 7.41. The van der Waals surface area contributed by atoms with Gasteiger partial charge in [-0.05, 0) is 66.4 Å². The van der Waals surface area contributed by atoms with E-state index >= 15 is 0 Å². The molecule has 0 aliphatic carbocycles. The van der Waals surface area contributed by atoms with E-state index in [2.05, 4.69) is 25.6 Å². The second kappa shape index (κ2) is 8.49. The van der Waals surface area contributed by atoms with Crippen LogP contribution in [0.2, 0.25) is 0 Å². The molecule has 0 spiro atoms. The molecule has 2 aliphatic heterocycles. The van der Waals surface area contributed by atoms with Gasteiger partial charge in [-0.1, -0.05) is 12.1 Å². The lowest BCUT2D eigenvalue weighted by Gasteiger charge is -2.40. The Morgan fingerprint density at radius 1 is 1.17 bits per heavy atom. The van der Waals surface area contributed by atoms with Gasteiger partial charge in [0.05, 0.1) is 0 Å². The molecule has 1 unspecified atom stereocenters. The number of halogens is 3. The fourth-order valence-corrected chi connectivity index (χ4v) is 4.03. The monoisotopic (exact) mass is 416 g/mol. The number of nitrogens with zero attached hydrogens (tertiary/aromatic N) is 3. The number of pyridine rings is 1. The molecule has 0 bridgehead atoms. The molecule has 2 N–H and O–H groups in total. The number of ether oxygens (including phenoxy) is 1. The Morgan fingerprint density at radius 3 is 2.60 bits per heavy atom. The highest BCUT2D eigenvalue weighted by Gasteiger charge is 2.35. The summed E-state index contributed by atoms with van der Waals surface area (Å²) in [6.07, 6.45) is 5.71. The van der Waals surface area contributed by atoms with Crippen LogP contribution in [0.3, 0.4) is 0 Å². The van der Waals surface area contributed by atoms with Crippen LogP contribution in [0.1, 0.15) is 12.0 Å². The maximum atomic E-state index is 12.5. The number of hydrogen-bond donors (Lipinski definition) is 1. The van der Waals surface area contributed by atoms with E-state index in [4.69, 9.17) is 5.73 Å². The van der Waals surface area contributed by atoms with Crippen LogP contribution in [0, 0.1) is 5.92 Å². The number of likely N-dealkylation sites (tertiary alicyclic amines) is 1. The fraction of sp³-hybridized carbons (Fsp3) is 0.318. The zero-order valence-electron chi connectivity index (χ0n) is 16.3. The zero-order chi connectivity index (χ0) is 21.1. The van der Waals surface area contributed by atoms with Crippen LogP contribution < -0.4 is 15.4 Å². The van der Waals surface area contributed by atoms with Crippen molar-refractivity contribution in [3.05, 3.63) is 72.7 Å². The average molecular weight is 416 g/mol. The average Bonchev–Trinajstić information content (AvgIpc) is 3.22. The van der Waals surface area contributed by atoms with E-state index in [0.717, 1.165) is 36.3 Å². The van der Waals surface area contributed by atoms with E-state index in [9.17, 15) is 13.2 Å². The molecule has 1 aromatic carbocycles. The van der Waals surface area contributed by atoms with Gasteiger partial charge in [-0.25, -0.2) is 0 Å². The van der Waals surface area contributed by atoms with Gasteiger partial charge in [0, 0.05) is 37.4 Å². The lowest BCUT2D eigenvalue weighted by Crippen LogP contribution is -2.47. The van der Waals surface area contributed by atoms with E-state index in [-0.39, 0.29) is 11.9 Å². The van der Waals surface area contributed by atoms with Crippen LogP contribution in [-0.4, -0.2) is 42.0 Å². The molecular weight excluding hydrogens is 393 g/mol. The highest BCUT2D eigenvalue weighted by Crippen LogP contribution is 2.35. The third kappa shape index (κ3) is 4.49. The predicted molar refractivity (Wildman–Crippen MR) is 109 cm³/mol. The molecule has 4 rings (SSSR count). The number of benzene rings is 1. The molecule has 5 nitrogen and oxygen atoms in total. The number of anilines is 1. The molecule has 0 amide bonds. The molecule has 0 radical (unpaired) electrons. The third-order valence-electron chi connectivity index (χ3n) is 5.42. The summed E-state index contributed by atoms with van der Waals surface area (Å²) < 4.78 is 41.5. The maximum absolute atomic E-state index is 12.5. The SMILES string of the molecule is NCC1CCN([C@@H]2C(c3cccnc3)=CC=CN2c2ccc(OC(F)(F)F)cc2)C1. The van der Waals surface area contributed by atoms with Gasteiger partial charge < -0.3 is 15.4 Å². The van der Waals surface area contributed by atoms with Crippen molar-refractivity contribution in [3.8, 4) is 5.75 Å². The first-order valence-corrected chi connectivity index (χ1v) is 9.81. The van der Waals surface area contributed by atoms with Crippen molar-refractivity contribution in [1.29, 1.82) is 0 Å². The van der Waals surface area contributed by atoms with Gasteiger partial charge in [-0.2, -0.15) is 0 Å². The van der Waals surface area contributed by atoms with Gasteiger partial charge >= 0.3 is 6.36 Å². The third-order valence-corrected chi connectivity index (χ3v) is 5.42. The number of rotatable bonds is 5. The lowest BCUT2D eigenvalue weighted by molar-refractivity contribution is -0.274. The minimum absolute atomic E-state index is 0.106. The van der Waals surface area contributed by atoms with Crippen LogP contribution in [-0.2, 0) is 0 Å². The molecule has 1 saturated heterocycles. The second-order valence-corrected chi connectivity index (χ2v) is 7.41. The lowest BCUT2D eigenvalue weighted by atomic mass is 9.99. The Labute approximate surface area is 173 Å². The van der Waals surface area contributed by atoms with Crippen LogP contribution in [0.25, 0.3) is 5.57 Å². The Bertz CT molecular complexity index is 912. The molecule has 3 heterocycles. The Kier molecular flexibility index (Phi) is 5.78. The van der Waals surface area contributed by atoms with E-state index in [1.165, 1.54) is 12.1 Å². The molecular formula is C22H23F3N4O. The normalized spacial score (nSPS) is 22.3. The number of nitrogens with two attached hydrogens (primary N) is 1. The number of allylic oxidation sites excluding steroid dienone is 2. The highest BCUT2D eigenvalue weighted by molar-refractivity contribution is 5.76. The summed E-state index contributed by atoms with van der Waals surface area (Å²) in [5.74, 6) is 0.187. The molecule has 1 fully saturated rings. The molecule has 0 saturated carbocycles. The summed E-state index contributed by atoms with van der Waals surface area (Å²) in [7, 11) is 0. The number of alkyl halides is 3. The Morgan fingerprint density at radius 2 is 1.97 bits per heavy atom. The van der Waals surface area contributed by atoms with Crippen LogP contribution in [0.15, 0.2) is 67.1 Å². The van der Waals surface area contributed by atoms with E-state index < -0.39 is 6.36 Å². The molecule has 2 aromatic rings. The summed E-state index contributed by atoms with van der Waals surface area (Å²) >= 11 is 0. The topological polar surface area (TPSA) is 54.6 Å². The van der Waals surface area contributed by atoms with E-state index in [0.29, 0.717) is 12.5 Å². The smallest absolute Gasteiger partial charge is 0.406 e. The minimum Gasteiger partial charge on any atom is -0.406 e. The molecule has 8 heteroatoms. The first-order valence-electron chi connectivity index (χ1n) is 9.81. The summed E-state index contributed by atoms with van der Waals surface area (Å²) in [4.78, 5) is 8.68. The van der Waals surface area contributed by atoms with Crippen LogP contribution in [0.5, 0.6) is 5.75 Å². The first-order chi connectivity index (χ1) is 14.4. The summed E-state index contributed by atoms with van der Waals surface area (Å²) in [5, 5.41) is 0. The summed E-state index contributed by atoms with van der Waals surface area (Å²) in [6.45, 7) is 2.39. The summed E-state index contributed by atoms with van der Waals surface area (Å²) in [6, 6.07) is 9.86. The Balaban J connectivity index is 1.66. The van der Waals surface area contributed by atoms with Crippen molar-refractivity contribution in [2.75, 3.05) is 24.5 Å². The molecule has 2 atom stereocenters. The van der Waals surface area contributed by atoms with Crippen molar-refractivity contribution in [2.24, 2.45) is 11.7 Å². The molecule has 30 heavy (non-hydrogen) atoms. The van der Waals surface area contributed by atoms with Gasteiger partial charge in [0.15, 0.2) is 0 Å². The zero-order valence-corrected chi connectivity index (χ0v) is 16.3. The molecule has 2 aliphatic rings. The van der Waals surface area contributed by atoms with E-state index in [1.807, 2.05) is 30.6 Å². The van der Waals surface area contributed by atoms with Gasteiger partial charge in [-0.3, -0.25) is 9.88 Å². The first kappa shape index (κ1) is 20.4. The van der Waals surface area contributed by atoms with Gasteiger partial charge in [0.2, 0.25) is 0 Å². The maximum Gasteiger partial charge on any atom is 0.573 e. The molecule has 158 valence electrons. The molecule has 1 aromatic heterocycles. The Hall–Kier alpha value is -2.84. The fourth-order valence-electron chi connectivity index (χ4n) is 4.03. The number of hydrogen-bond acceptors (Lipinski definition) is 5. The minimum atomic E-state index is -4.71. The standard InChI is InChI=1S/C22H23F3N4O/c23-22(24,25)30-19-7-5-18(6-8-19)29-11-2-4-20(17-3-1-10-27-14-17)21(29)28-12-9-16(13-26)15-28/h1-8,10-11,14,16,21H,9,12-13,15,26H2/t16?,21-/m0/s1. The quantitative estimate of drug-likeness (QED) is 0.799.